The Labute approximate surface area is 114 Å². The Morgan fingerprint density at radius 2 is 1.80 bits per heavy atom. The van der Waals surface area contributed by atoms with Crippen molar-refractivity contribution in [1.29, 1.82) is 0 Å². The first-order valence-corrected chi connectivity index (χ1v) is 5.58. The summed E-state index contributed by atoms with van der Waals surface area (Å²) < 4.78 is 10.2. The minimum absolute atomic E-state index is 0.125. The normalized spacial score (nSPS) is 14.8. The number of ether oxygens (including phenoxy) is 2. The van der Waals surface area contributed by atoms with Crippen LogP contribution in [0.2, 0.25) is 0 Å². The number of carboxylic acids is 2. The minimum Gasteiger partial charge on any atom is -0.481 e. The number of fused-ring (bicyclic) bond motifs is 1. The number of carboxylic acid groups (broad SMARTS) is 2. The second-order valence-electron chi connectivity index (χ2n) is 3.94. The molecule has 0 aromatic heterocycles. The molecule has 2 rings (SSSR count). The van der Waals surface area contributed by atoms with Crippen molar-refractivity contribution in [2.45, 2.75) is 19.1 Å². The molecule has 0 bridgehead atoms. The molecule has 1 aliphatic rings. The maximum Gasteiger partial charge on any atom is 0.323 e. The molecule has 0 saturated carbocycles. The van der Waals surface area contributed by atoms with Gasteiger partial charge in [0.15, 0.2) is 11.5 Å². The van der Waals surface area contributed by atoms with Crippen LogP contribution in [-0.4, -0.2) is 40.1 Å². The molecule has 0 unspecified atom stereocenters. The van der Waals surface area contributed by atoms with Gasteiger partial charge < -0.3 is 30.5 Å². The highest BCUT2D eigenvalue weighted by atomic mass is 16.7. The van der Waals surface area contributed by atoms with Crippen LogP contribution in [0, 0.1) is 0 Å². The fraction of sp³-hybridized carbons (Fsp3) is 0.333. The van der Waals surface area contributed by atoms with Crippen LogP contribution in [0.3, 0.4) is 0 Å². The third-order valence-electron chi connectivity index (χ3n) is 2.36. The fourth-order valence-electron chi connectivity index (χ4n) is 1.44. The van der Waals surface area contributed by atoms with Crippen LogP contribution in [-0.2, 0) is 9.59 Å². The standard InChI is InChI=1S/C10H11NO5.C2H4O2/c11-8(10(13)14)9(12)5-1-2-6-7(3-5)16-4-15-6;1-2(3)4/h1-3,8-9,12H,4,11H2,(H,13,14);1H3,(H,3,4)/t8-,9+;/m1./s1. The molecule has 2 atom stereocenters. The van der Waals surface area contributed by atoms with E-state index < -0.39 is 24.1 Å². The lowest BCUT2D eigenvalue weighted by molar-refractivity contribution is -0.141. The number of hydrogen-bond donors (Lipinski definition) is 4. The van der Waals surface area contributed by atoms with Crippen molar-refractivity contribution in [1.82, 2.24) is 0 Å². The summed E-state index contributed by atoms with van der Waals surface area (Å²) in [7, 11) is 0. The van der Waals surface area contributed by atoms with Gasteiger partial charge in [0, 0.05) is 6.92 Å². The average Bonchev–Trinajstić information content (AvgIpc) is 2.83. The van der Waals surface area contributed by atoms with E-state index in [0.717, 1.165) is 6.92 Å². The van der Waals surface area contributed by atoms with E-state index >= 15 is 0 Å². The summed E-state index contributed by atoms with van der Waals surface area (Å²) in [4.78, 5) is 19.6. The van der Waals surface area contributed by atoms with Gasteiger partial charge in [0.05, 0.1) is 0 Å². The van der Waals surface area contributed by atoms with Gasteiger partial charge in [-0.05, 0) is 17.7 Å². The molecule has 0 amide bonds. The maximum absolute atomic E-state index is 10.6. The van der Waals surface area contributed by atoms with E-state index in [1.54, 1.807) is 12.1 Å². The van der Waals surface area contributed by atoms with Crippen molar-refractivity contribution < 1.29 is 34.4 Å². The van der Waals surface area contributed by atoms with Crippen LogP contribution in [0.1, 0.15) is 18.6 Å². The summed E-state index contributed by atoms with van der Waals surface area (Å²) in [5.74, 6) is -1.04. The molecule has 5 N–H and O–H groups in total. The molecule has 1 aromatic carbocycles. The molecule has 0 radical (unpaired) electrons. The summed E-state index contributed by atoms with van der Waals surface area (Å²) in [5, 5.41) is 25.8. The SMILES string of the molecule is CC(=O)O.N[C@@H](C(=O)O)[C@@H](O)c1ccc2c(c1)OCO2. The lowest BCUT2D eigenvalue weighted by Crippen LogP contribution is -2.36. The zero-order chi connectivity index (χ0) is 15.3. The first kappa shape index (κ1) is 15.7. The first-order chi connectivity index (χ1) is 9.32. The predicted octanol–water partition coefficient (Wildman–Crippen LogP) is -0.0485. The lowest BCUT2D eigenvalue weighted by atomic mass is 10.0. The fourth-order valence-corrected chi connectivity index (χ4v) is 1.44. The van der Waals surface area contributed by atoms with Gasteiger partial charge in [0.25, 0.3) is 5.97 Å². The summed E-state index contributed by atoms with van der Waals surface area (Å²) >= 11 is 0. The maximum atomic E-state index is 10.6. The van der Waals surface area contributed by atoms with Crippen LogP contribution in [0.25, 0.3) is 0 Å². The zero-order valence-corrected chi connectivity index (χ0v) is 10.6. The summed E-state index contributed by atoms with van der Waals surface area (Å²) in [6.45, 7) is 1.21. The van der Waals surface area contributed by atoms with Crippen molar-refractivity contribution in [2.24, 2.45) is 5.73 Å². The number of aliphatic hydroxyl groups is 1. The number of aliphatic hydroxyl groups excluding tert-OH is 1. The Kier molecular flexibility index (Phi) is 5.30. The Hall–Kier alpha value is -2.32. The zero-order valence-electron chi connectivity index (χ0n) is 10.6. The molecule has 0 saturated heterocycles. The van der Waals surface area contributed by atoms with Crippen LogP contribution in [0.15, 0.2) is 18.2 Å². The highest BCUT2D eigenvalue weighted by molar-refractivity contribution is 5.74. The van der Waals surface area contributed by atoms with Gasteiger partial charge >= 0.3 is 5.97 Å². The van der Waals surface area contributed by atoms with E-state index in [4.69, 9.17) is 30.2 Å². The van der Waals surface area contributed by atoms with E-state index in [1.165, 1.54) is 6.07 Å². The molecule has 1 aromatic rings. The van der Waals surface area contributed by atoms with Crippen LogP contribution >= 0.6 is 0 Å². The lowest BCUT2D eigenvalue weighted by Gasteiger charge is -2.15. The van der Waals surface area contributed by atoms with E-state index in [9.17, 15) is 9.90 Å². The summed E-state index contributed by atoms with van der Waals surface area (Å²) in [6, 6.07) is 3.33. The van der Waals surface area contributed by atoms with Gasteiger partial charge in [0.2, 0.25) is 6.79 Å². The van der Waals surface area contributed by atoms with E-state index in [-0.39, 0.29) is 6.79 Å². The molecule has 0 aliphatic carbocycles. The number of benzene rings is 1. The van der Waals surface area contributed by atoms with E-state index in [2.05, 4.69) is 0 Å². The molecule has 1 heterocycles. The first-order valence-electron chi connectivity index (χ1n) is 5.58. The highest BCUT2D eigenvalue weighted by Gasteiger charge is 2.25. The topological polar surface area (TPSA) is 139 Å². The highest BCUT2D eigenvalue weighted by Crippen LogP contribution is 2.34. The third-order valence-corrected chi connectivity index (χ3v) is 2.36. The smallest absolute Gasteiger partial charge is 0.323 e. The number of carbonyl (C=O) groups is 2. The number of rotatable bonds is 3. The van der Waals surface area contributed by atoms with Crippen molar-refractivity contribution in [3.05, 3.63) is 23.8 Å². The van der Waals surface area contributed by atoms with Gasteiger partial charge in [-0.25, -0.2) is 0 Å². The van der Waals surface area contributed by atoms with Gasteiger partial charge in [-0.3, -0.25) is 9.59 Å². The van der Waals surface area contributed by atoms with E-state index in [0.29, 0.717) is 17.1 Å². The third kappa shape index (κ3) is 4.11. The number of hydrogen-bond acceptors (Lipinski definition) is 6. The molecule has 0 fully saturated rings. The Bertz CT molecular complexity index is 499. The molecule has 8 heteroatoms. The van der Waals surface area contributed by atoms with Gasteiger partial charge in [-0.2, -0.15) is 0 Å². The summed E-state index contributed by atoms with van der Waals surface area (Å²) in [5.41, 5.74) is 5.70. The monoisotopic (exact) mass is 285 g/mol. The molecule has 1 aliphatic heterocycles. The Morgan fingerprint density at radius 3 is 2.35 bits per heavy atom. The molecular formula is C12H15NO7. The molecule has 110 valence electrons. The molecule has 0 spiro atoms. The molecular weight excluding hydrogens is 270 g/mol. The summed E-state index contributed by atoms with van der Waals surface area (Å²) in [6.07, 6.45) is -1.27. The van der Waals surface area contributed by atoms with Crippen LogP contribution < -0.4 is 15.2 Å². The van der Waals surface area contributed by atoms with Crippen LogP contribution in [0.5, 0.6) is 11.5 Å². The van der Waals surface area contributed by atoms with Crippen molar-refractivity contribution >= 4 is 11.9 Å². The van der Waals surface area contributed by atoms with E-state index in [1.807, 2.05) is 0 Å². The van der Waals surface area contributed by atoms with Gasteiger partial charge in [-0.15, -0.1) is 0 Å². The van der Waals surface area contributed by atoms with Crippen molar-refractivity contribution in [3.63, 3.8) is 0 Å². The van der Waals surface area contributed by atoms with Crippen LogP contribution in [0.4, 0.5) is 0 Å². The molecule has 8 nitrogen and oxygen atoms in total. The minimum atomic E-state index is -1.36. The predicted molar refractivity (Wildman–Crippen MR) is 66.4 cm³/mol. The number of nitrogens with two attached hydrogens (primary N) is 1. The van der Waals surface area contributed by atoms with Crippen molar-refractivity contribution in [2.75, 3.05) is 6.79 Å². The van der Waals surface area contributed by atoms with Crippen molar-refractivity contribution in [3.8, 4) is 11.5 Å². The van der Waals surface area contributed by atoms with Gasteiger partial charge in [0.1, 0.15) is 12.1 Å². The molecule has 20 heavy (non-hydrogen) atoms. The quantitative estimate of drug-likeness (QED) is 0.606. The second kappa shape index (κ2) is 6.73. The largest absolute Gasteiger partial charge is 0.481 e. The Morgan fingerprint density at radius 1 is 1.25 bits per heavy atom. The van der Waals surface area contributed by atoms with Gasteiger partial charge in [-0.1, -0.05) is 6.07 Å². The number of aliphatic carboxylic acids is 2. The average molecular weight is 285 g/mol. The Balaban J connectivity index is 0.000000444. The second-order valence-corrected chi connectivity index (χ2v) is 3.94.